The largest absolute Gasteiger partial charge is 0.416 e. The maximum absolute atomic E-state index is 13.6. The van der Waals surface area contributed by atoms with Crippen molar-refractivity contribution in [1.82, 2.24) is 4.98 Å². The first-order valence-electron chi connectivity index (χ1n) is 4.97. The third-order valence-corrected chi connectivity index (χ3v) is 2.76. The van der Waals surface area contributed by atoms with Gasteiger partial charge in [0, 0.05) is 10.6 Å². The topological polar surface area (TPSA) is 12.9 Å². The highest BCUT2D eigenvalue weighted by molar-refractivity contribution is 6.30. The lowest BCUT2D eigenvalue weighted by Gasteiger charge is -2.10. The Morgan fingerprint density at radius 3 is 2.26 bits per heavy atom. The SMILES string of the molecule is Fc1cc(Cl)ccc1-c1cc(C(F)(F)F)cc(Cl)n1. The predicted octanol–water partition coefficient (Wildman–Crippen LogP) is 5.21. The fourth-order valence-electron chi connectivity index (χ4n) is 1.50. The lowest BCUT2D eigenvalue weighted by Crippen LogP contribution is -2.06. The van der Waals surface area contributed by atoms with E-state index in [1.54, 1.807) is 0 Å². The van der Waals surface area contributed by atoms with E-state index in [2.05, 4.69) is 4.98 Å². The number of benzene rings is 1. The summed E-state index contributed by atoms with van der Waals surface area (Å²) in [6.45, 7) is 0. The van der Waals surface area contributed by atoms with Crippen LogP contribution in [0.15, 0.2) is 30.3 Å². The summed E-state index contributed by atoms with van der Waals surface area (Å²) in [6, 6.07) is 5.01. The van der Waals surface area contributed by atoms with Crippen LogP contribution in [0.4, 0.5) is 17.6 Å². The van der Waals surface area contributed by atoms with E-state index in [1.165, 1.54) is 12.1 Å². The van der Waals surface area contributed by atoms with Gasteiger partial charge in [0.05, 0.1) is 11.3 Å². The molecule has 1 heterocycles. The fourth-order valence-corrected chi connectivity index (χ4v) is 1.86. The molecule has 0 unspecified atom stereocenters. The summed E-state index contributed by atoms with van der Waals surface area (Å²) in [4.78, 5) is 3.69. The quantitative estimate of drug-likeness (QED) is 0.520. The maximum atomic E-state index is 13.6. The van der Waals surface area contributed by atoms with Crippen LogP contribution in [0.3, 0.4) is 0 Å². The van der Waals surface area contributed by atoms with Crippen molar-refractivity contribution >= 4 is 23.2 Å². The van der Waals surface area contributed by atoms with Crippen LogP contribution in [0.25, 0.3) is 11.3 Å². The first-order chi connectivity index (χ1) is 8.77. The number of pyridine rings is 1. The minimum absolute atomic E-state index is 0.0996. The number of halogens is 6. The van der Waals surface area contributed by atoms with E-state index in [-0.39, 0.29) is 21.4 Å². The molecule has 0 radical (unpaired) electrons. The second kappa shape index (κ2) is 4.98. The van der Waals surface area contributed by atoms with Crippen molar-refractivity contribution in [2.75, 3.05) is 0 Å². The smallest absolute Gasteiger partial charge is 0.236 e. The molecule has 2 aromatic rings. The second-order valence-electron chi connectivity index (χ2n) is 3.69. The highest BCUT2D eigenvalue weighted by atomic mass is 35.5. The van der Waals surface area contributed by atoms with Gasteiger partial charge in [0.1, 0.15) is 11.0 Å². The lowest BCUT2D eigenvalue weighted by atomic mass is 10.1. The minimum Gasteiger partial charge on any atom is -0.236 e. The Morgan fingerprint density at radius 1 is 1.00 bits per heavy atom. The zero-order valence-corrected chi connectivity index (χ0v) is 10.6. The van der Waals surface area contributed by atoms with E-state index in [0.29, 0.717) is 6.07 Å². The third-order valence-electron chi connectivity index (χ3n) is 2.33. The van der Waals surface area contributed by atoms with Crippen molar-refractivity contribution in [3.63, 3.8) is 0 Å². The summed E-state index contributed by atoms with van der Waals surface area (Å²) in [6.07, 6.45) is -4.58. The second-order valence-corrected chi connectivity index (χ2v) is 4.51. The number of rotatable bonds is 1. The van der Waals surface area contributed by atoms with Gasteiger partial charge in [-0.2, -0.15) is 13.2 Å². The summed E-state index contributed by atoms with van der Waals surface area (Å²) < 4.78 is 51.5. The van der Waals surface area contributed by atoms with Crippen molar-refractivity contribution in [2.24, 2.45) is 0 Å². The van der Waals surface area contributed by atoms with Gasteiger partial charge in [0.2, 0.25) is 0 Å². The van der Waals surface area contributed by atoms with Crippen molar-refractivity contribution in [3.8, 4) is 11.3 Å². The van der Waals surface area contributed by atoms with E-state index in [1.807, 2.05) is 0 Å². The summed E-state index contributed by atoms with van der Waals surface area (Å²) in [5.74, 6) is -0.768. The van der Waals surface area contributed by atoms with Gasteiger partial charge in [0.15, 0.2) is 0 Å². The molecule has 0 fully saturated rings. The number of hydrogen-bond acceptors (Lipinski definition) is 1. The van der Waals surface area contributed by atoms with Gasteiger partial charge in [-0.25, -0.2) is 9.37 Å². The minimum atomic E-state index is -4.58. The summed E-state index contributed by atoms with van der Waals surface area (Å²) in [5.41, 5.74) is -1.29. The van der Waals surface area contributed by atoms with Crippen molar-refractivity contribution in [2.45, 2.75) is 6.18 Å². The number of alkyl halides is 3. The molecule has 19 heavy (non-hydrogen) atoms. The van der Waals surface area contributed by atoms with Gasteiger partial charge in [-0.1, -0.05) is 23.2 Å². The molecule has 0 amide bonds. The lowest BCUT2D eigenvalue weighted by molar-refractivity contribution is -0.137. The molecule has 0 saturated heterocycles. The zero-order chi connectivity index (χ0) is 14.2. The van der Waals surface area contributed by atoms with Gasteiger partial charge in [-0.05, 0) is 30.3 Å². The molecule has 1 aromatic heterocycles. The first kappa shape index (κ1) is 14.1. The van der Waals surface area contributed by atoms with E-state index in [9.17, 15) is 17.6 Å². The van der Waals surface area contributed by atoms with Crippen molar-refractivity contribution in [1.29, 1.82) is 0 Å². The molecular formula is C12H5Cl2F4N. The Kier molecular flexibility index (Phi) is 3.69. The number of aromatic nitrogens is 1. The van der Waals surface area contributed by atoms with Crippen molar-refractivity contribution < 1.29 is 17.6 Å². The molecule has 7 heteroatoms. The zero-order valence-electron chi connectivity index (χ0n) is 9.10. The molecule has 0 aliphatic carbocycles. The van der Waals surface area contributed by atoms with Crippen LogP contribution in [0.2, 0.25) is 10.2 Å². The Bertz CT molecular complexity index is 626. The van der Waals surface area contributed by atoms with E-state index < -0.39 is 17.6 Å². The average molecular weight is 310 g/mol. The summed E-state index contributed by atoms with van der Waals surface area (Å²) in [7, 11) is 0. The molecule has 0 aliphatic heterocycles. The predicted molar refractivity (Wildman–Crippen MR) is 64.7 cm³/mol. The first-order valence-corrected chi connectivity index (χ1v) is 5.73. The molecule has 1 aromatic carbocycles. The third kappa shape index (κ3) is 3.16. The van der Waals surface area contributed by atoms with Gasteiger partial charge in [0.25, 0.3) is 0 Å². The van der Waals surface area contributed by atoms with Gasteiger partial charge in [-0.15, -0.1) is 0 Å². The molecule has 2 rings (SSSR count). The van der Waals surface area contributed by atoms with E-state index >= 15 is 0 Å². The standard InChI is InChI=1S/C12H5Cl2F4N/c13-7-1-2-8(9(15)5-7)10-3-6(12(16,17)18)4-11(14)19-10/h1-5H. The van der Waals surface area contributed by atoms with Gasteiger partial charge < -0.3 is 0 Å². The molecule has 0 N–H and O–H groups in total. The van der Waals surface area contributed by atoms with Crippen LogP contribution in [-0.4, -0.2) is 4.98 Å². The monoisotopic (exact) mass is 309 g/mol. The van der Waals surface area contributed by atoms with Crippen molar-refractivity contribution in [3.05, 3.63) is 51.9 Å². The molecule has 1 nitrogen and oxygen atoms in total. The molecule has 0 spiro atoms. The normalized spacial score (nSPS) is 11.7. The van der Waals surface area contributed by atoms with Gasteiger partial charge in [-0.3, -0.25) is 0 Å². The molecular weight excluding hydrogens is 305 g/mol. The Morgan fingerprint density at radius 2 is 1.68 bits per heavy atom. The molecule has 0 atom stereocenters. The number of hydrogen-bond donors (Lipinski definition) is 0. The molecule has 0 bridgehead atoms. The van der Waals surface area contributed by atoms with Gasteiger partial charge >= 0.3 is 6.18 Å². The van der Waals surface area contributed by atoms with E-state index in [4.69, 9.17) is 23.2 Å². The maximum Gasteiger partial charge on any atom is 0.416 e. The number of nitrogens with zero attached hydrogens (tertiary/aromatic N) is 1. The van der Waals surface area contributed by atoms with Crippen LogP contribution in [-0.2, 0) is 6.18 Å². The fraction of sp³-hybridized carbons (Fsp3) is 0.0833. The Hall–Kier alpha value is -1.33. The van der Waals surface area contributed by atoms with Crippen LogP contribution < -0.4 is 0 Å². The Balaban J connectivity index is 2.59. The summed E-state index contributed by atoms with van der Waals surface area (Å²) in [5, 5.41) is -0.224. The molecule has 0 saturated carbocycles. The summed E-state index contributed by atoms with van der Waals surface area (Å²) >= 11 is 11.1. The average Bonchev–Trinajstić information content (AvgIpc) is 2.26. The highest BCUT2D eigenvalue weighted by Gasteiger charge is 2.31. The van der Waals surface area contributed by atoms with Crippen LogP contribution in [0, 0.1) is 5.82 Å². The van der Waals surface area contributed by atoms with Crippen LogP contribution in [0.5, 0.6) is 0 Å². The highest BCUT2D eigenvalue weighted by Crippen LogP contribution is 2.34. The Labute approximate surface area is 115 Å². The molecule has 0 aliphatic rings. The molecule has 100 valence electrons. The van der Waals surface area contributed by atoms with Crippen LogP contribution in [0.1, 0.15) is 5.56 Å². The van der Waals surface area contributed by atoms with E-state index in [0.717, 1.165) is 12.1 Å². The van der Waals surface area contributed by atoms with Crippen LogP contribution >= 0.6 is 23.2 Å².